The molecule has 23 heavy (non-hydrogen) atoms. The molecule has 6 heteroatoms. The summed E-state index contributed by atoms with van der Waals surface area (Å²) >= 11 is 0. The van der Waals surface area contributed by atoms with Gasteiger partial charge in [0, 0.05) is 25.9 Å². The van der Waals surface area contributed by atoms with E-state index in [1.54, 1.807) is 0 Å². The number of carbonyl (C=O) groups is 2. The molecule has 1 fully saturated rings. The van der Waals surface area contributed by atoms with Crippen LogP contribution < -0.4 is 10.6 Å². The summed E-state index contributed by atoms with van der Waals surface area (Å²) < 4.78 is 2.09. The number of carbonyl (C=O) groups excluding carboxylic acids is 2. The standard InChI is InChI=1S/C17H22N4O2/c1-2-15-19-12-6-3-4-8-14(12)21(15)11-9-16(22)20-13-7-5-10-18-17(13)23/h3-4,6,8,13H,2,5,7,9-11H2,1H3,(H,18,23)(H,20,22). The fraction of sp³-hybridized carbons (Fsp3) is 0.471. The largest absolute Gasteiger partial charge is 0.354 e. The van der Waals surface area contributed by atoms with Gasteiger partial charge in [0.2, 0.25) is 11.8 Å². The Labute approximate surface area is 135 Å². The zero-order chi connectivity index (χ0) is 16.2. The lowest BCUT2D eigenvalue weighted by Crippen LogP contribution is -2.50. The van der Waals surface area contributed by atoms with Gasteiger partial charge in [0.15, 0.2) is 0 Å². The lowest BCUT2D eigenvalue weighted by atomic mass is 10.1. The second-order valence-electron chi connectivity index (χ2n) is 5.83. The lowest BCUT2D eigenvalue weighted by Gasteiger charge is -2.22. The van der Waals surface area contributed by atoms with E-state index in [9.17, 15) is 9.59 Å². The van der Waals surface area contributed by atoms with Crippen molar-refractivity contribution in [2.75, 3.05) is 6.54 Å². The number of imidazole rings is 1. The van der Waals surface area contributed by atoms with Crippen molar-refractivity contribution in [1.82, 2.24) is 20.2 Å². The summed E-state index contributed by atoms with van der Waals surface area (Å²) in [5.74, 6) is 0.813. The van der Waals surface area contributed by atoms with Crippen LogP contribution in [0, 0.1) is 0 Å². The molecule has 122 valence electrons. The fourth-order valence-electron chi connectivity index (χ4n) is 3.03. The van der Waals surface area contributed by atoms with Crippen molar-refractivity contribution in [3.05, 3.63) is 30.1 Å². The van der Waals surface area contributed by atoms with Crippen LogP contribution in [0.15, 0.2) is 24.3 Å². The van der Waals surface area contributed by atoms with Crippen molar-refractivity contribution in [2.45, 2.75) is 45.2 Å². The Bertz CT molecular complexity index is 722. The van der Waals surface area contributed by atoms with Crippen molar-refractivity contribution < 1.29 is 9.59 Å². The van der Waals surface area contributed by atoms with Gasteiger partial charge in [0.1, 0.15) is 11.9 Å². The summed E-state index contributed by atoms with van der Waals surface area (Å²) in [6.45, 7) is 3.33. The highest BCUT2D eigenvalue weighted by molar-refractivity contribution is 5.88. The van der Waals surface area contributed by atoms with E-state index in [4.69, 9.17) is 0 Å². The van der Waals surface area contributed by atoms with Crippen molar-refractivity contribution in [3.8, 4) is 0 Å². The van der Waals surface area contributed by atoms with E-state index in [-0.39, 0.29) is 17.9 Å². The minimum Gasteiger partial charge on any atom is -0.354 e. The number of nitrogens with one attached hydrogen (secondary N) is 2. The number of fused-ring (bicyclic) bond motifs is 1. The molecule has 1 aromatic carbocycles. The van der Waals surface area contributed by atoms with Gasteiger partial charge in [-0.05, 0) is 25.0 Å². The van der Waals surface area contributed by atoms with Crippen molar-refractivity contribution >= 4 is 22.8 Å². The van der Waals surface area contributed by atoms with Gasteiger partial charge in [-0.1, -0.05) is 19.1 Å². The van der Waals surface area contributed by atoms with E-state index >= 15 is 0 Å². The van der Waals surface area contributed by atoms with Crippen LogP contribution in [0.4, 0.5) is 0 Å². The maximum atomic E-state index is 12.2. The molecular weight excluding hydrogens is 292 g/mol. The Morgan fingerprint density at radius 1 is 1.43 bits per heavy atom. The van der Waals surface area contributed by atoms with Crippen LogP contribution in [-0.2, 0) is 22.6 Å². The maximum Gasteiger partial charge on any atom is 0.242 e. The van der Waals surface area contributed by atoms with Gasteiger partial charge in [0.25, 0.3) is 0 Å². The van der Waals surface area contributed by atoms with Gasteiger partial charge >= 0.3 is 0 Å². The Balaban J connectivity index is 1.66. The summed E-state index contributed by atoms with van der Waals surface area (Å²) in [4.78, 5) is 28.5. The molecule has 2 N–H and O–H groups in total. The van der Waals surface area contributed by atoms with Gasteiger partial charge in [-0.15, -0.1) is 0 Å². The molecular formula is C17H22N4O2. The first-order chi connectivity index (χ1) is 11.2. The number of para-hydroxylation sites is 2. The molecule has 1 unspecified atom stereocenters. The predicted octanol–water partition coefficient (Wildman–Crippen LogP) is 1.38. The number of amides is 2. The molecule has 2 heterocycles. The third-order valence-corrected chi connectivity index (χ3v) is 4.23. The maximum absolute atomic E-state index is 12.2. The van der Waals surface area contributed by atoms with E-state index in [0.717, 1.165) is 29.7 Å². The molecule has 1 saturated heterocycles. The molecule has 0 saturated carbocycles. The first-order valence-corrected chi connectivity index (χ1v) is 8.20. The van der Waals surface area contributed by atoms with E-state index in [2.05, 4.69) is 27.1 Å². The second kappa shape index (κ2) is 6.81. The average Bonchev–Trinajstić information content (AvgIpc) is 2.93. The van der Waals surface area contributed by atoms with Crippen molar-refractivity contribution in [2.24, 2.45) is 0 Å². The quantitative estimate of drug-likeness (QED) is 0.875. The van der Waals surface area contributed by atoms with Crippen LogP contribution in [0.3, 0.4) is 0 Å². The highest BCUT2D eigenvalue weighted by atomic mass is 16.2. The fourth-order valence-corrected chi connectivity index (χ4v) is 3.03. The zero-order valence-electron chi connectivity index (χ0n) is 13.3. The third-order valence-electron chi connectivity index (χ3n) is 4.23. The highest BCUT2D eigenvalue weighted by Gasteiger charge is 2.23. The Morgan fingerprint density at radius 2 is 2.26 bits per heavy atom. The topological polar surface area (TPSA) is 76.0 Å². The Hall–Kier alpha value is -2.37. The number of aromatic nitrogens is 2. The molecule has 0 spiro atoms. The second-order valence-corrected chi connectivity index (χ2v) is 5.83. The predicted molar refractivity (Wildman–Crippen MR) is 87.9 cm³/mol. The molecule has 1 aliphatic heterocycles. The van der Waals surface area contributed by atoms with Gasteiger partial charge in [0.05, 0.1) is 11.0 Å². The van der Waals surface area contributed by atoms with Crippen LogP contribution in [0.25, 0.3) is 11.0 Å². The molecule has 1 aliphatic rings. The highest BCUT2D eigenvalue weighted by Crippen LogP contribution is 2.17. The zero-order valence-corrected chi connectivity index (χ0v) is 13.3. The molecule has 2 amide bonds. The minimum absolute atomic E-state index is 0.0769. The van der Waals surface area contributed by atoms with E-state index < -0.39 is 0 Å². The third kappa shape index (κ3) is 3.36. The van der Waals surface area contributed by atoms with Gasteiger partial charge in [-0.2, -0.15) is 0 Å². The Kier molecular flexibility index (Phi) is 4.60. The average molecular weight is 314 g/mol. The van der Waals surface area contributed by atoms with Gasteiger partial charge in [-0.25, -0.2) is 4.98 Å². The normalized spacial score (nSPS) is 18.0. The number of nitrogens with zero attached hydrogens (tertiary/aromatic N) is 2. The van der Waals surface area contributed by atoms with Crippen LogP contribution in [-0.4, -0.2) is 34.0 Å². The summed E-state index contributed by atoms with van der Waals surface area (Å²) in [5, 5.41) is 5.61. The van der Waals surface area contributed by atoms with Crippen LogP contribution in [0.5, 0.6) is 0 Å². The lowest BCUT2D eigenvalue weighted by molar-refractivity contribution is -0.130. The molecule has 3 rings (SSSR count). The first kappa shape index (κ1) is 15.5. The van der Waals surface area contributed by atoms with Crippen LogP contribution >= 0.6 is 0 Å². The molecule has 6 nitrogen and oxygen atoms in total. The number of hydrogen-bond donors (Lipinski definition) is 2. The van der Waals surface area contributed by atoms with Crippen LogP contribution in [0.2, 0.25) is 0 Å². The summed E-state index contributed by atoms with van der Waals surface area (Å²) in [5.41, 5.74) is 2.00. The molecule has 0 radical (unpaired) electrons. The van der Waals surface area contributed by atoms with Crippen molar-refractivity contribution in [1.29, 1.82) is 0 Å². The number of benzene rings is 1. The smallest absolute Gasteiger partial charge is 0.242 e. The summed E-state index contributed by atoms with van der Waals surface area (Å²) in [7, 11) is 0. The molecule has 0 aliphatic carbocycles. The molecule has 0 bridgehead atoms. The number of aryl methyl sites for hydroxylation is 2. The van der Waals surface area contributed by atoms with Gasteiger partial charge < -0.3 is 15.2 Å². The van der Waals surface area contributed by atoms with Crippen molar-refractivity contribution in [3.63, 3.8) is 0 Å². The minimum atomic E-state index is -0.388. The molecule has 1 atom stereocenters. The number of rotatable bonds is 5. The van der Waals surface area contributed by atoms with Gasteiger partial charge in [-0.3, -0.25) is 9.59 Å². The number of hydrogen-bond acceptors (Lipinski definition) is 3. The Morgan fingerprint density at radius 3 is 3.04 bits per heavy atom. The molecule has 2 aromatic rings. The monoisotopic (exact) mass is 314 g/mol. The van der Waals surface area contributed by atoms with Crippen LogP contribution in [0.1, 0.15) is 32.0 Å². The van der Waals surface area contributed by atoms with E-state index in [1.165, 1.54) is 0 Å². The first-order valence-electron chi connectivity index (χ1n) is 8.20. The number of piperidine rings is 1. The molecule has 1 aromatic heterocycles. The SMILES string of the molecule is CCc1nc2ccccc2n1CCC(=O)NC1CCCNC1=O. The summed E-state index contributed by atoms with van der Waals surface area (Å²) in [6, 6.07) is 7.56. The summed E-state index contributed by atoms with van der Waals surface area (Å²) in [6.07, 6.45) is 2.78. The van der Waals surface area contributed by atoms with E-state index in [0.29, 0.717) is 25.9 Å². The van der Waals surface area contributed by atoms with E-state index in [1.807, 2.05) is 24.3 Å².